The largest absolute Gasteiger partial charge is 0.369 e. The molecule has 1 aliphatic rings. The van der Waals surface area contributed by atoms with E-state index in [2.05, 4.69) is 50.4 Å². The van der Waals surface area contributed by atoms with Crippen molar-refractivity contribution in [1.29, 1.82) is 0 Å². The van der Waals surface area contributed by atoms with Crippen LogP contribution in [0.2, 0.25) is 0 Å². The smallest absolute Gasteiger partial charge is 0.332 e. The Bertz CT molecular complexity index is 1550. The predicted molar refractivity (Wildman–Crippen MR) is 144 cm³/mol. The van der Waals surface area contributed by atoms with Crippen molar-refractivity contribution >= 4 is 22.6 Å². The van der Waals surface area contributed by atoms with E-state index in [1.54, 1.807) is 6.07 Å². The summed E-state index contributed by atoms with van der Waals surface area (Å²) in [6.07, 6.45) is 0. The number of carbonyl (C=O) groups is 1. The van der Waals surface area contributed by atoms with Crippen LogP contribution >= 0.6 is 0 Å². The number of carbonyl (C=O) groups excluding carboxylic acids is 1. The van der Waals surface area contributed by atoms with E-state index < -0.39 is 11.2 Å². The van der Waals surface area contributed by atoms with Gasteiger partial charge in [0.05, 0.1) is 5.39 Å². The Hall–Kier alpha value is -4.24. The summed E-state index contributed by atoms with van der Waals surface area (Å²) in [5.74, 6) is -0.360. The van der Waals surface area contributed by atoms with Gasteiger partial charge in [-0.25, -0.2) is 9.78 Å². The zero-order chi connectivity index (χ0) is 25.9. The van der Waals surface area contributed by atoms with Gasteiger partial charge in [0, 0.05) is 59.1 Å². The number of nitrogens with one attached hydrogen (secondary N) is 1. The molecular weight excluding hydrogens is 468 g/mol. The highest BCUT2D eigenvalue weighted by molar-refractivity contribution is 5.94. The second-order valence-corrected chi connectivity index (χ2v) is 9.32. The fourth-order valence-electron chi connectivity index (χ4n) is 4.77. The summed E-state index contributed by atoms with van der Waals surface area (Å²) >= 11 is 0. The summed E-state index contributed by atoms with van der Waals surface area (Å²) in [7, 11) is 2.96. The van der Waals surface area contributed by atoms with Crippen molar-refractivity contribution < 1.29 is 4.79 Å². The van der Waals surface area contributed by atoms with Gasteiger partial charge in [-0.3, -0.25) is 23.6 Å². The Morgan fingerprint density at radius 2 is 1.51 bits per heavy atom. The maximum atomic E-state index is 12.9. The van der Waals surface area contributed by atoms with Gasteiger partial charge in [-0.1, -0.05) is 42.5 Å². The number of hydrogen-bond acceptors (Lipinski definition) is 6. The van der Waals surface area contributed by atoms with Crippen LogP contribution in [-0.4, -0.2) is 51.1 Å². The first kappa shape index (κ1) is 24.5. The van der Waals surface area contributed by atoms with E-state index >= 15 is 0 Å². The Balaban J connectivity index is 1.25. The van der Waals surface area contributed by atoms with Crippen LogP contribution in [0.5, 0.6) is 0 Å². The number of amides is 1. The van der Waals surface area contributed by atoms with E-state index in [-0.39, 0.29) is 17.2 Å². The molecule has 37 heavy (non-hydrogen) atoms. The van der Waals surface area contributed by atoms with Crippen LogP contribution < -0.4 is 21.5 Å². The first-order chi connectivity index (χ1) is 17.9. The molecule has 2 aromatic heterocycles. The lowest BCUT2D eigenvalue weighted by Gasteiger charge is -2.36. The lowest BCUT2D eigenvalue weighted by atomic mass is 10.1. The molecule has 4 aromatic rings. The number of fused-ring (bicyclic) bond motifs is 1. The van der Waals surface area contributed by atoms with E-state index in [0.29, 0.717) is 11.9 Å². The van der Waals surface area contributed by atoms with Crippen molar-refractivity contribution in [3.8, 4) is 0 Å². The number of hydrogen-bond donors (Lipinski definition) is 1. The van der Waals surface area contributed by atoms with Gasteiger partial charge in [0.25, 0.3) is 11.5 Å². The van der Waals surface area contributed by atoms with Crippen LogP contribution in [0.3, 0.4) is 0 Å². The fourth-order valence-corrected chi connectivity index (χ4v) is 4.77. The topological polar surface area (TPSA) is 92.5 Å². The molecule has 9 heteroatoms. The van der Waals surface area contributed by atoms with Gasteiger partial charge >= 0.3 is 5.69 Å². The molecule has 190 valence electrons. The zero-order valence-electron chi connectivity index (χ0n) is 21.1. The molecule has 0 saturated carbocycles. The average Bonchev–Trinajstić information content (AvgIpc) is 2.95. The van der Waals surface area contributed by atoms with E-state index in [9.17, 15) is 14.4 Å². The molecule has 9 nitrogen and oxygen atoms in total. The number of aromatic nitrogens is 3. The maximum absolute atomic E-state index is 12.9. The van der Waals surface area contributed by atoms with Gasteiger partial charge in [-0.15, -0.1) is 0 Å². The normalized spacial score (nSPS) is 14.2. The molecule has 5 rings (SSSR count). The fraction of sp³-hybridized carbons (Fsp3) is 0.286. The van der Waals surface area contributed by atoms with E-state index in [1.165, 1.54) is 36.0 Å². The molecule has 0 atom stereocenters. The van der Waals surface area contributed by atoms with Gasteiger partial charge in [0.1, 0.15) is 11.3 Å². The van der Waals surface area contributed by atoms with Crippen LogP contribution in [0, 0.1) is 0 Å². The van der Waals surface area contributed by atoms with Crippen LogP contribution in [0.15, 0.2) is 76.3 Å². The predicted octanol–water partition coefficient (Wildman–Crippen LogP) is 1.88. The highest BCUT2D eigenvalue weighted by Crippen LogP contribution is 2.18. The van der Waals surface area contributed by atoms with Gasteiger partial charge in [0.15, 0.2) is 0 Å². The SMILES string of the molecule is Cn1c(=O)c2ccc(C(=O)NCc3ccccc3CN3CCN(c4ccccc4)CC3)nc2n(C)c1=O. The van der Waals surface area contributed by atoms with Gasteiger partial charge in [-0.2, -0.15) is 0 Å². The number of nitrogens with zero attached hydrogens (tertiary/aromatic N) is 5. The summed E-state index contributed by atoms with van der Waals surface area (Å²) in [5, 5.41) is 3.24. The number of para-hydroxylation sites is 1. The first-order valence-electron chi connectivity index (χ1n) is 12.4. The second kappa shape index (κ2) is 10.4. The number of aryl methyl sites for hydroxylation is 1. The summed E-state index contributed by atoms with van der Waals surface area (Å²) in [4.78, 5) is 46.7. The molecule has 0 unspecified atom stereocenters. The third-order valence-corrected chi connectivity index (χ3v) is 6.98. The van der Waals surface area contributed by atoms with Crippen molar-refractivity contribution in [2.75, 3.05) is 31.1 Å². The Morgan fingerprint density at radius 1 is 0.838 bits per heavy atom. The van der Waals surface area contributed by atoms with E-state index in [1.807, 2.05) is 24.3 Å². The van der Waals surface area contributed by atoms with Gasteiger partial charge < -0.3 is 10.2 Å². The molecule has 1 amide bonds. The Kier molecular flexibility index (Phi) is 6.87. The maximum Gasteiger partial charge on any atom is 0.332 e. The minimum absolute atomic E-state index is 0.158. The first-order valence-corrected chi connectivity index (χ1v) is 12.4. The molecule has 0 bridgehead atoms. The molecule has 2 aromatic carbocycles. The Morgan fingerprint density at radius 3 is 2.24 bits per heavy atom. The van der Waals surface area contributed by atoms with Gasteiger partial charge in [0.2, 0.25) is 0 Å². The van der Waals surface area contributed by atoms with E-state index in [4.69, 9.17) is 0 Å². The third-order valence-electron chi connectivity index (χ3n) is 6.98. The van der Waals surface area contributed by atoms with Crippen molar-refractivity contribution in [3.63, 3.8) is 0 Å². The van der Waals surface area contributed by atoms with Crippen LogP contribution in [0.25, 0.3) is 11.0 Å². The standard InChI is InChI=1S/C28H30N6O3/c1-31-25-23(27(36)32(2)28(31)37)12-13-24(30-25)26(35)29-18-20-8-6-7-9-21(20)19-33-14-16-34(17-15-33)22-10-4-3-5-11-22/h3-13H,14-19H2,1-2H3,(H,29,35). The summed E-state index contributed by atoms with van der Waals surface area (Å²) < 4.78 is 2.31. The number of benzene rings is 2. The number of rotatable bonds is 6. The summed E-state index contributed by atoms with van der Waals surface area (Å²) in [6, 6.07) is 21.7. The van der Waals surface area contributed by atoms with Crippen molar-refractivity contribution in [1.82, 2.24) is 24.3 Å². The van der Waals surface area contributed by atoms with Crippen LogP contribution in [0.1, 0.15) is 21.6 Å². The zero-order valence-corrected chi connectivity index (χ0v) is 21.1. The molecule has 1 fully saturated rings. The summed E-state index contributed by atoms with van der Waals surface area (Å²) in [5.41, 5.74) is 2.91. The third kappa shape index (κ3) is 5.03. The molecule has 1 saturated heterocycles. The van der Waals surface area contributed by atoms with E-state index in [0.717, 1.165) is 42.9 Å². The summed E-state index contributed by atoms with van der Waals surface area (Å²) in [6.45, 7) is 5.05. The lowest BCUT2D eigenvalue weighted by Crippen LogP contribution is -2.46. The highest BCUT2D eigenvalue weighted by Gasteiger charge is 2.19. The molecule has 0 spiro atoms. The van der Waals surface area contributed by atoms with Gasteiger partial charge in [-0.05, 0) is 35.4 Å². The molecule has 3 heterocycles. The number of piperazine rings is 1. The lowest BCUT2D eigenvalue weighted by molar-refractivity contribution is 0.0946. The minimum Gasteiger partial charge on any atom is -0.369 e. The number of anilines is 1. The molecular formula is C28H30N6O3. The average molecular weight is 499 g/mol. The Labute approximate surface area is 214 Å². The van der Waals surface area contributed by atoms with Crippen molar-refractivity contribution in [2.45, 2.75) is 13.1 Å². The molecule has 1 aliphatic heterocycles. The van der Waals surface area contributed by atoms with Crippen molar-refractivity contribution in [3.05, 3.63) is 104 Å². The van der Waals surface area contributed by atoms with Crippen LogP contribution in [-0.2, 0) is 27.2 Å². The molecule has 0 aliphatic carbocycles. The molecule has 0 radical (unpaired) electrons. The van der Waals surface area contributed by atoms with Crippen molar-refractivity contribution in [2.24, 2.45) is 14.1 Å². The minimum atomic E-state index is -0.485. The monoisotopic (exact) mass is 498 g/mol. The second-order valence-electron chi connectivity index (χ2n) is 9.32. The number of pyridine rings is 1. The molecule has 1 N–H and O–H groups in total. The van der Waals surface area contributed by atoms with Crippen LogP contribution in [0.4, 0.5) is 5.69 Å². The highest BCUT2D eigenvalue weighted by atomic mass is 16.2. The quantitative estimate of drug-likeness (QED) is 0.437.